The summed E-state index contributed by atoms with van der Waals surface area (Å²) in [6.07, 6.45) is 7.77. The van der Waals surface area contributed by atoms with Crippen LogP contribution in [0.25, 0.3) is 11.1 Å². The molecule has 0 atom stereocenters. The van der Waals surface area contributed by atoms with Crippen molar-refractivity contribution in [2.24, 2.45) is 0 Å². The number of benzene rings is 1. The fraction of sp³-hybridized carbons (Fsp3) is 0.211. The summed E-state index contributed by atoms with van der Waals surface area (Å²) in [6, 6.07) is 7.02. The van der Waals surface area contributed by atoms with E-state index in [9.17, 15) is 0 Å². The highest BCUT2D eigenvalue weighted by Gasteiger charge is 2.27. The monoisotopic (exact) mass is 351 g/mol. The van der Waals surface area contributed by atoms with Gasteiger partial charge in [0.25, 0.3) is 0 Å². The van der Waals surface area contributed by atoms with Gasteiger partial charge in [0.2, 0.25) is 0 Å². The molecular weight excluding hydrogens is 333 g/mol. The molecule has 0 unspecified atom stereocenters. The number of nitrogen functional groups attached to an aromatic ring is 2. The Labute approximate surface area is 150 Å². The van der Waals surface area contributed by atoms with Crippen LogP contribution in [0.5, 0.6) is 11.8 Å². The molecule has 1 saturated carbocycles. The standard InChI is InChI=1S/C19H18FN5O/c20-16-13(12-9-15(21)18(22)25-10-12)5-6-14(11-3-1-4-11)17(16)26-19-23-7-2-8-24-19/h2,5-11H,1,3-4,21H2,(H2,22,25). The molecule has 7 heteroatoms. The second-order valence-electron chi connectivity index (χ2n) is 6.31. The van der Waals surface area contributed by atoms with Gasteiger partial charge in [-0.05, 0) is 30.9 Å². The Balaban J connectivity index is 1.81. The molecule has 3 aromatic rings. The van der Waals surface area contributed by atoms with E-state index >= 15 is 4.39 Å². The number of aromatic nitrogens is 3. The quantitative estimate of drug-likeness (QED) is 0.739. The largest absolute Gasteiger partial charge is 0.421 e. The van der Waals surface area contributed by atoms with E-state index in [1.165, 1.54) is 6.20 Å². The maximum Gasteiger partial charge on any atom is 0.321 e. The number of nitrogens with two attached hydrogens (primary N) is 2. The zero-order chi connectivity index (χ0) is 18.1. The maximum atomic E-state index is 15.4. The molecule has 1 aliphatic carbocycles. The Kier molecular flexibility index (Phi) is 4.12. The van der Waals surface area contributed by atoms with Gasteiger partial charge in [0.1, 0.15) is 5.82 Å². The van der Waals surface area contributed by atoms with E-state index in [1.54, 1.807) is 30.6 Å². The third kappa shape index (κ3) is 2.92. The van der Waals surface area contributed by atoms with Crippen LogP contribution in [0, 0.1) is 5.82 Å². The van der Waals surface area contributed by atoms with Crippen molar-refractivity contribution < 1.29 is 9.13 Å². The van der Waals surface area contributed by atoms with E-state index < -0.39 is 5.82 Å². The zero-order valence-corrected chi connectivity index (χ0v) is 14.0. The van der Waals surface area contributed by atoms with E-state index in [4.69, 9.17) is 16.2 Å². The molecule has 4 N–H and O–H groups in total. The molecule has 1 fully saturated rings. The van der Waals surface area contributed by atoms with Gasteiger partial charge in [-0.15, -0.1) is 0 Å². The summed E-state index contributed by atoms with van der Waals surface area (Å²) in [5, 5.41) is 0. The van der Waals surface area contributed by atoms with Crippen LogP contribution in [0.2, 0.25) is 0 Å². The lowest BCUT2D eigenvalue weighted by atomic mass is 9.79. The summed E-state index contributed by atoms with van der Waals surface area (Å²) < 4.78 is 21.1. The molecule has 4 rings (SSSR count). The molecule has 0 saturated heterocycles. The topological polar surface area (TPSA) is 99.9 Å². The zero-order valence-electron chi connectivity index (χ0n) is 14.0. The first-order valence-corrected chi connectivity index (χ1v) is 8.42. The summed E-state index contributed by atoms with van der Waals surface area (Å²) in [5.74, 6) is 0.183. The van der Waals surface area contributed by atoms with Gasteiger partial charge in [-0.25, -0.2) is 19.3 Å². The van der Waals surface area contributed by atoms with E-state index in [2.05, 4.69) is 15.0 Å². The van der Waals surface area contributed by atoms with Crippen molar-refractivity contribution in [2.75, 3.05) is 11.5 Å². The minimum atomic E-state index is -0.479. The van der Waals surface area contributed by atoms with Crippen molar-refractivity contribution in [1.29, 1.82) is 0 Å². The Morgan fingerprint density at radius 3 is 2.50 bits per heavy atom. The molecule has 2 aromatic heterocycles. The number of rotatable bonds is 4. The fourth-order valence-electron chi connectivity index (χ4n) is 3.01. The summed E-state index contributed by atoms with van der Waals surface area (Å²) >= 11 is 0. The Hall–Kier alpha value is -3.22. The molecule has 132 valence electrons. The van der Waals surface area contributed by atoms with Crippen LogP contribution in [-0.4, -0.2) is 15.0 Å². The molecule has 0 amide bonds. The Bertz CT molecular complexity index is 944. The number of hydrogen-bond donors (Lipinski definition) is 2. The van der Waals surface area contributed by atoms with Crippen molar-refractivity contribution in [2.45, 2.75) is 25.2 Å². The molecular formula is C19H18FN5O. The second-order valence-corrected chi connectivity index (χ2v) is 6.31. The van der Waals surface area contributed by atoms with Crippen LogP contribution in [0.15, 0.2) is 42.9 Å². The molecule has 1 aliphatic rings. The lowest BCUT2D eigenvalue weighted by Crippen LogP contribution is -2.11. The maximum absolute atomic E-state index is 15.4. The van der Waals surface area contributed by atoms with E-state index in [-0.39, 0.29) is 23.5 Å². The Morgan fingerprint density at radius 2 is 1.85 bits per heavy atom. The van der Waals surface area contributed by atoms with Crippen LogP contribution < -0.4 is 16.2 Å². The van der Waals surface area contributed by atoms with Crippen LogP contribution >= 0.6 is 0 Å². The van der Waals surface area contributed by atoms with Crippen LogP contribution in [0.4, 0.5) is 15.9 Å². The Morgan fingerprint density at radius 1 is 1.08 bits per heavy atom. The van der Waals surface area contributed by atoms with Crippen molar-refractivity contribution in [3.05, 3.63) is 54.2 Å². The second kappa shape index (κ2) is 6.59. The first-order valence-electron chi connectivity index (χ1n) is 8.42. The van der Waals surface area contributed by atoms with Crippen molar-refractivity contribution in [3.8, 4) is 22.9 Å². The summed E-state index contributed by atoms with van der Waals surface area (Å²) in [7, 11) is 0. The van der Waals surface area contributed by atoms with Crippen molar-refractivity contribution in [1.82, 2.24) is 15.0 Å². The highest BCUT2D eigenvalue weighted by atomic mass is 19.1. The number of anilines is 2. The van der Waals surface area contributed by atoms with E-state index in [0.29, 0.717) is 16.8 Å². The summed E-state index contributed by atoms with van der Waals surface area (Å²) in [4.78, 5) is 12.1. The molecule has 0 aliphatic heterocycles. The molecule has 0 spiro atoms. The highest BCUT2D eigenvalue weighted by Crippen LogP contribution is 2.45. The first-order chi connectivity index (χ1) is 12.6. The number of nitrogens with zero attached hydrogens (tertiary/aromatic N) is 3. The molecule has 0 radical (unpaired) electrons. The van der Waals surface area contributed by atoms with Gasteiger partial charge in [0, 0.05) is 35.3 Å². The van der Waals surface area contributed by atoms with Gasteiger partial charge in [-0.3, -0.25) is 0 Å². The lowest BCUT2D eigenvalue weighted by molar-refractivity contribution is 0.371. The molecule has 2 heterocycles. The van der Waals surface area contributed by atoms with Crippen LogP contribution in [0.1, 0.15) is 30.7 Å². The predicted molar refractivity (Wildman–Crippen MR) is 97.2 cm³/mol. The normalized spacial score (nSPS) is 14.0. The first kappa shape index (κ1) is 16.3. The summed E-state index contributed by atoms with van der Waals surface area (Å²) in [5.41, 5.74) is 13.5. The van der Waals surface area contributed by atoms with Crippen LogP contribution in [0.3, 0.4) is 0 Å². The van der Waals surface area contributed by atoms with Gasteiger partial charge in [0.05, 0.1) is 5.69 Å². The van der Waals surface area contributed by atoms with E-state index in [0.717, 1.165) is 24.8 Å². The number of halogens is 1. The minimum absolute atomic E-state index is 0.110. The van der Waals surface area contributed by atoms with Gasteiger partial charge in [-0.1, -0.05) is 18.6 Å². The number of pyridine rings is 1. The minimum Gasteiger partial charge on any atom is -0.421 e. The molecule has 0 bridgehead atoms. The molecule has 1 aromatic carbocycles. The third-order valence-corrected chi connectivity index (χ3v) is 4.67. The van der Waals surface area contributed by atoms with Gasteiger partial charge >= 0.3 is 6.01 Å². The van der Waals surface area contributed by atoms with Gasteiger partial charge in [-0.2, -0.15) is 0 Å². The van der Waals surface area contributed by atoms with Crippen molar-refractivity contribution in [3.63, 3.8) is 0 Å². The number of ether oxygens (including phenoxy) is 1. The van der Waals surface area contributed by atoms with Crippen molar-refractivity contribution >= 4 is 11.5 Å². The average molecular weight is 351 g/mol. The molecule has 6 nitrogen and oxygen atoms in total. The van der Waals surface area contributed by atoms with E-state index in [1.807, 2.05) is 6.07 Å². The SMILES string of the molecule is Nc1cc(-c2ccc(C3CCC3)c(Oc3ncccn3)c2F)cnc1N. The molecule has 26 heavy (non-hydrogen) atoms. The van der Waals surface area contributed by atoms with Gasteiger partial charge in [0.15, 0.2) is 11.6 Å². The lowest BCUT2D eigenvalue weighted by Gasteiger charge is -2.28. The highest BCUT2D eigenvalue weighted by molar-refractivity contribution is 5.73. The van der Waals surface area contributed by atoms with Gasteiger partial charge < -0.3 is 16.2 Å². The van der Waals surface area contributed by atoms with Crippen LogP contribution in [-0.2, 0) is 0 Å². The fourth-order valence-corrected chi connectivity index (χ4v) is 3.01. The third-order valence-electron chi connectivity index (χ3n) is 4.67. The predicted octanol–water partition coefficient (Wildman–Crippen LogP) is 3.90. The summed E-state index contributed by atoms with van der Waals surface area (Å²) in [6.45, 7) is 0. The number of hydrogen-bond acceptors (Lipinski definition) is 6. The smallest absolute Gasteiger partial charge is 0.321 e. The average Bonchev–Trinajstić information content (AvgIpc) is 2.60.